The third kappa shape index (κ3) is 6.85. The first kappa shape index (κ1) is 32.0. The van der Waals surface area contributed by atoms with Gasteiger partial charge in [-0.3, -0.25) is 5.41 Å². The minimum absolute atomic E-state index is 0. The molecule has 0 bridgehead atoms. The van der Waals surface area contributed by atoms with Crippen LogP contribution >= 0.6 is 12.6 Å². The van der Waals surface area contributed by atoms with Crippen LogP contribution in [0.3, 0.4) is 0 Å². The number of aromatic nitrogens is 3. The number of nitrogen functional groups attached to an aromatic ring is 1. The Bertz CT molecular complexity index is 1230. The van der Waals surface area contributed by atoms with Crippen LogP contribution in [0.25, 0.3) is 0 Å². The minimum Gasteiger partial charge on any atom is -0.486 e. The van der Waals surface area contributed by atoms with Crippen molar-refractivity contribution in [2.75, 3.05) is 43.1 Å². The van der Waals surface area contributed by atoms with Crippen molar-refractivity contribution in [1.29, 1.82) is 5.41 Å². The molecule has 0 saturated carbocycles. The van der Waals surface area contributed by atoms with E-state index >= 15 is 0 Å². The number of nitrogens with two attached hydrogens (primary N) is 1. The zero-order valence-corrected chi connectivity index (χ0v) is 24.0. The molecule has 0 aliphatic carbocycles. The number of pyridine rings is 1. The maximum atomic E-state index is 8.80. The molecule has 2 fully saturated rings. The van der Waals surface area contributed by atoms with Gasteiger partial charge in [-0.05, 0) is 82.3 Å². The van der Waals surface area contributed by atoms with Crippen molar-refractivity contribution >= 4 is 29.8 Å². The second kappa shape index (κ2) is 13.7. The lowest BCUT2D eigenvalue weighted by atomic mass is 9.74. The van der Waals surface area contributed by atoms with Crippen molar-refractivity contribution in [3.63, 3.8) is 0 Å². The van der Waals surface area contributed by atoms with Gasteiger partial charge in [0.2, 0.25) is 0 Å². The molecule has 214 valence electrons. The van der Waals surface area contributed by atoms with Crippen LogP contribution < -0.4 is 20.7 Å². The van der Waals surface area contributed by atoms with Gasteiger partial charge in [0.25, 0.3) is 0 Å². The molecule has 39 heavy (non-hydrogen) atoms. The Morgan fingerprint density at radius 2 is 1.92 bits per heavy atom. The SMILES string of the molecule is CS.Cc1cnnc(C)c1[C@@H](C)Oc1ccc(N)c(C(=N)c2ccc(N3CC4(CCCNC4)C3)nc2)c1.O.O.[HH]. The average molecular weight is 558 g/mol. The quantitative estimate of drug-likeness (QED) is 0.204. The Hall–Kier alpha value is -3.25. The number of ether oxygens (including phenoxy) is 1. The predicted octanol–water partition coefficient (Wildman–Crippen LogP) is 2.96. The van der Waals surface area contributed by atoms with E-state index < -0.39 is 0 Å². The predicted molar refractivity (Wildman–Crippen MR) is 163 cm³/mol. The lowest BCUT2D eigenvalue weighted by Gasteiger charge is -2.53. The maximum Gasteiger partial charge on any atom is 0.128 e. The summed E-state index contributed by atoms with van der Waals surface area (Å²) in [6.07, 6.45) is 7.53. The van der Waals surface area contributed by atoms with E-state index in [4.69, 9.17) is 15.9 Å². The van der Waals surface area contributed by atoms with E-state index in [1.54, 1.807) is 24.7 Å². The summed E-state index contributed by atoms with van der Waals surface area (Å²) in [4.78, 5) is 6.99. The van der Waals surface area contributed by atoms with Gasteiger partial charge in [0, 0.05) is 55.1 Å². The molecule has 0 radical (unpaired) electrons. The fourth-order valence-corrected chi connectivity index (χ4v) is 5.42. The fraction of sp³-hybridized carbons (Fsp3) is 0.429. The number of nitrogens with one attached hydrogen (secondary N) is 2. The molecule has 1 atom stereocenters. The molecule has 2 aromatic heterocycles. The number of nitrogens with zero attached hydrogens (tertiary/aromatic N) is 4. The first-order valence-corrected chi connectivity index (χ1v) is 13.6. The second-order valence-electron chi connectivity index (χ2n) is 9.95. The van der Waals surface area contributed by atoms with E-state index in [1.165, 1.54) is 12.8 Å². The zero-order valence-electron chi connectivity index (χ0n) is 23.1. The van der Waals surface area contributed by atoms with E-state index in [9.17, 15) is 0 Å². The average Bonchev–Trinajstić information content (AvgIpc) is 2.89. The van der Waals surface area contributed by atoms with E-state index in [0.29, 0.717) is 28.1 Å². The zero-order chi connectivity index (χ0) is 26.6. The van der Waals surface area contributed by atoms with Gasteiger partial charge in [-0.25, -0.2) is 4.98 Å². The number of piperidine rings is 1. The van der Waals surface area contributed by atoms with Crippen LogP contribution in [0.4, 0.5) is 11.5 Å². The van der Waals surface area contributed by atoms with Gasteiger partial charge in [0.05, 0.1) is 17.6 Å². The summed E-state index contributed by atoms with van der Waals surface area (Å²) in [7, 11) is 0. The van der Waals surface area contributed by atoms with E-state index in [0.717, 1.165) is 54.4 Å². The van der Waals surface area contributed by atoms with Crippen LogP contribution in [0.5, 0.6) is 5.75 Å². The van der Waals surface area contributed by atoms with Crippen molar-refractivity contribution in [2.24, 2.45) is 5.41 Å². The van der Waals surface area contributed by atoms with Gasteiger partial charge in [-0.15, -0.1) is 0 Å². The lowest BCUT2D eigenvalue weighted by Crippen LogP contribution is -2.62. The topological polar surface area (TPSA) is 176 Å². The van der Waals surface area contributed by atoms with Crippen LogP contribution in [-0.4, -0.2) is 64.3 Å². The Morgan fingerprint density at radius 3 is 2.54 bits per heavy atom. The second-order valence-corrected chi connectivity index (χ2v) is 9.95. The third-order valence-electron chi connectivity index (χ3n) is 7.26. The Balaban J connectivity index is 0.00000157. The van der Waals surface area contributed by atoms with Gasteiger partial charge < -0.3 is 31.6 Å². The van der Waals surface area contributed by atoms with Crippen molar-refractivity contribution < 1.29 is 17.1 Å². The van der Waals surface area contributed by atoms with Gasteiger partial charge in [-0.1, -0.05) is 0 Å². The van der Waals surface area contributed by atoms with Crippen LogP contribution in [-0.2, 0) is 0 Å². The summed E-state index contributed by atoms with van der Waals surface area (Å²) in [6, 6.07) is 9.42. The molecule has 4 heterocycles. The van der Waals surface area contributed by atoms with E-state index in [1.807, 2.05) is 45.0 Å². The van der Waals surface area contributed by atoms with Crippen molar-refractivity contribution in [2.45, 2.75) is 39.7 Å². The van der Waals surface area contributed by atoms with Crippen LogP contribution in [0.15, 0.2) is 42.7 Å². The minimum atomic E-state index is -0.212. The number of hydrogen-bond donors (Lipinski definition) is 4. The maximum absolute atomic E-state index is 8.80. The third-order valence-corrected chi connectivity index (χ3v) is 7.26. The number of hydrogen-bond acceptors (Lipinski definition) is 9. The largest absolute Gasteiger partial charge is 0.486 e. The van der Waals surface area contributed by atoms with E-state index in [-0.39, 0.29) is 18.5 Å². The van der Waals surface area contributed by atoms with Crippen molar-refractivity contribution in [3.05, 3.63) is 70.7 Å². The monoisotopic (exact) mass is 557 g/mol. The van der Waals surface area contributed by atoms with Crippen LogP contribution in [0, 0.1) is 24.7 Å². The van der Waals surface area contributed by atoms with Gasteiger partial charge in [0.15, 0.2) is 0 Å². The summed E-state index contributed by atoms with van der Waals surface area (Å²) in [6.45, 7) is 10.2. The Labute approximate surface area is 237 Å². The molecule has 1 spiro atoms. The summed E-state index contributed by atoms with van der Waals surface area (Å²) >= 11 is 3.53. The highest BCUT2D eigenvalue weighted by Crippen LogP contribution is 2.38. The molecule has 0 unspecified atom stereocenters. The fourth-order valence-electron chi connectivity index (χ4n) is 5.42. The van der Waals surface area contributed by atoms with Crippen LogP contribution in [0.2, 0.25) is 0 Å². The molecule has 11 heteroatoms. The molecule has 1 aromatic carbocycles. The number of thiol groups is 1. The first-order chi connectivity index (χ1) is 17.8. The van der Waals surface area contributed by atoms with Crippen LogP contribution in [0.1, 0.15) is 55.2 Å². The molecule has 2 saturated heterocycles. The number of anilines is 2. The lowest BCUT2D eigenvalue weighted by molar-refractivity contribution is 0.156. The summed E-state index contributed by atoms with van der Waals surface area (Å²) in [5.41, 5.74) is 11.8. The summed E-state index contributed by atoms with van der Waals surface area (Å²) in [5.74, 6) is 1.62. The molecule has 2 aliphatic rings. The highest BCUT2D eigenvalue weighted by atomic mass is 32.1. The van der Waals surface area contributed by atoms with Gasteiger partial charge >= 0.3 is 0 Å². The summed E-state index contributed by atoms with van der Waals surface area (Å²) < 4.78 is 6.22. The number of aryl methyl sites for hydroxylation is 2. The van der Waals surface area contributed by atoms with Gasteiger partial charge in [-0.2, -0.15) is 22.8 Å². The van der Waals surface area contributed by atoms with Crippen molar-refractivity contribution in [3.8, 4) is 5.75 Å². The molecule has 0 amide bonds. The molecular formula is C28H43N7O3S. The number of benzene rings is 1. The molecular weight excluding hydrogens is 514 g/mol. The Kier molecular flexibility index (Phi) is 11.2. The molecule has 2 aliphatic heterocycles. The first-order valence-electron chi connectivity index (χ1n) is 12.7. The van der Waals surface area contributed by atoms with Gasteiger partial charge in [0.1, 0.15) is 17.7 Å². The Morgan fingerprint density at radius 1 is 1.18 bits per heavy atom. The smallest absolute Gasteiger partial charge is 0.128 e. The van der Waals surface area contributed by atoms with E-state index in [2.05, 4.69) is 38.0 Å². The number of rotatable bonds is 6. The molecule has 3 aromatic rings. The normalized spacial score (nSPS) is 16.0. The standard InChI is InChI=1S/C27H33N7O.CH4S.2H2O.H2/c1-17-12-32-33-18(2)25(17)19(3)35-21-6-7-23(28)22(11-21)26(29)20-5-8-24(31-13-20)34-15-27(16-34)9-4-10-30-14-27;1-2;;;/h5-8,11-13,19,29-30H,4,9-10,14-16,28H2,1-3H3;2H,1H3;2*1H2;1H/t19-;;;;/m1..../s1. The summed E-state index contributed by atoms with van der Waals surface area (Å²) in [5, 5.41) is 20.5. The highest BCUT2D eigenvalue weighted by Gasteiger charge is 2.43. The highest BCUT2D eigenvalue weighted by molar-refractivity contribution is 7.79. The molecule has 5 rings (SSSR count). The molecule has 10 nitrogen and oxygen atoms in total. The van der Waals surface area contributed by atoms with Crippen molar-refractivity contribution in [1.82, 2.24) is 20.5 Å². The molecule has 8 N–H and O–H groups in total.